The quantitative estimate of drug-likeness (QED) is 0.124. The Morgan fingerprint density at radius 2 is 1.60 bits per heavy atom. The van der Waals surface area contributed by atoms with Gasteiger partial charge in [-0.15, -0.1) is 0 Å². The second kappa shape index (κ2) is 13.5. The summed E-state index contributed by atoms with van der Waals surface area (Å²) in [6.07, 6.45) is 1.53. The molecular formula is C38H32ClN3O3. The molecule has 0 radical (unpaired) electrons. The summed E-state index contributed by atoms with van der Waals surface area (Å²) in [6, 6.07) is 39.8. The van der Waals surface area contributed by atoms with Crippen LogP contribution < -0.4 is 14.9 Å². The Morgan fingerprint density at radius 1 is 0.844 bits per heavy atom. The van der Waals surface area contributed by atoms with Crippen molar-refractivity contribution in [3.8, 4) is 28.4 Å². The number of rotatable bonds is 10. The Hall–Kier alpha value is -5.33. The minimum atomic E-state index is -0.322. The highest BCUT2D eigenvalue weighted by molar-refractivity contribution is 6.32. The average molecular weight is 614 g/mol. The molecule has 0 aliphatic heterocycles. The Balaban J connectivity index is 1.13. The fourth-order valence-electron chi connectivity index (χ4n) is 5.26. The van der Waals surface area contributed by atoms with E-state index in [0.29, 0.717) is 40.9 Å². The summed E-state index contributed by atoms with van der Waals surface area (Å²) in [5, 5.41) is 6.88. The first-order valence-electron chi connectivity index (χ1n) is 14.7. The largest absolute Gasteiger partial charge is 0.490 e. The van der Waals surface area contributed by atoms with E-state index in [9.17, 15) is 4.79 Å². The van der Waals surface area contributed by atoms with Crippen molar-refractivity contribution >= 4 is 34.5 Å². The standard InChI is InChI=1S/C38H32ClN3O3/c1-3-44-36-23-28(22-34(39)37(36)45-25-27-14-15-29-9-7-8-12-32(29)21-27)24-40-41-38(43)31-16-18-33(19-17-31)42-26(2)13-20-35(42)30-10-5-4-6-11-30/h4-24H,3,25H2,1-2H3,(H,41,43)/b40-24+. The number of carbonyl (C=O) groups is 1. The summed E-state index contributed by atoms with van der Waals surface area (Å²) in [5.41, 5.74) is 9.07. The molecule has 6 nitrogen and oxygen atoms in total. The van der Waals surface area contributed by atoms with E-state index in [1.54, 1.807) is 24.3 Å². The molecule has 5 aromatic carbocycles. The van der Waals surface area contributed by atoms with Gasteiger partial charge in [0.2, 0.25) is 0 Å². The van der Waals surface area contributed by atoms with Gasteiger partial charge in [0.1, 0.15) is 6.61 Å². The molecule has 45 heavy (non-hydrogen) atoms. The summed E-state index contributed by atoms with van der Waals surface area (Å²) in [7, 11) is 0. The summed E-state index contributed by atoms with van der Waals surface area (Å²) in [6.45, 7) is 4.73. The molecule has 0 fully saturated rings. The maximum absolute atomic E-state index is 12.9. The lowest BCUT2D eigenvalue weighted by Crippen LogP contribution is -2.17. The molecule has 6 aromatic rings. The van der Waals surface area contributed by atoms with Crippen molar-refractivity contribution in [2.45, 2.75) is 20.5 Å². The lowest BCUT2D eigenvalue weighted by molar-refractivity contribution is 0.0955. The molecule has 0 saturated carbocycles. The van der Waals surface area contributed by atoms with Crippen molar-refractivity contribution in [2.75, 3.05) is 6.61 Å². The maximum atomic E-state index is 12.9. The van der Waals surface area contributed by atoms with Crippen LogP contribution in [0, 0.1) is 6.92 Å². The van der Waals surface area contributed by atoms with Crippen molar-refractivity contribution in [2.24, 2.45) is 5.10 Å². The van der Waals surface area contributed by atoms with Crippen LogP contribution in [0.15, 0.2) is 126 Å². The number of benzene rings is 5. The third-order valence-electron chi connectivity index (χ3n) is 7.44. The van der Waals surface area contributed by atoms with Crippen molar-refractivity contribution in [1.29, 1.82) is 0 Å². The lowest BCUT2D eigenvalue weighted by Gasteiger charge is -2.15. The van der Waals surface area contributed by atoms with Gasteiger partial charge < -0.3 is 14.0 Å². The second-order valence-electron chi connectivity index (χ2n) is 10.5. The summed E-state index contributed by atoms with van der Waals surface area (Å²) < 4.78 is 14.1. The van der Waals surface area contributed by atoms with Gasteiger partial charge in [0.25, 0.3) is 5.91 Å². The van der Waals surface area contributed by atoms with Crippen LogP contribution in [0.3, 0.4) is 0 Å². The molecule has 0 atom stereocenters. The normalized spacial score (nSPS) is 11.2. The van der Waals surface area contributed by atoms with E-state index in [4.69, 9.17) is 21.1 Å². The van der Waals surface area contributed by atoms with Crippen LogP contribution in [0.1, 0.15) is 34.1 Å². The van der Waals surface area contributed by atoms with Crippen LogP contribution in [0.2, 0.25) is 5.02 Å². The van der Waals surface area contributed by atoms with Crippen LogP contribution in [-0.2, 0) is 6.61 Å². The number of hydrogen-bond acceptors (Lipinski definition) is 4. The molecule has 224 valence electrons. The molecule has 6 rings (SSSR count). The van der Waals surface area contributed by atoms with E-state index in [2.05, 4.69) is 70.5 Å². The summed E-state index contributed by atoms with van der Waals surface area (Å²) >= 11 is 6.63. The average Bonchev–Trinajstić information content (AvgIpc) is 3.46. The Kier molecular flexibility index (Phi) is 8.94. The molecule has 1 amide bonds. The highest BCUT2D eigenvalue weighted by atomic mass is 35.5. The SMILES string of the molecule is CCOc1cc(/C=N/NC(=O)c2ccc(-n3c(C)ccc3-c3ccccc3)cc2)cc(Cl)c1OCc1ccc2ccccc2c1. The molecule has 1 N–H and O–H groups in total. The molecule has 0 saturated heterocycles. The van der Waals surface area contributed by atoms with E-state index in [-0.39, 0.29) is 5.91 Å². The Labute approximate surface area is 267 Å². The molecule has 1 heterocycles. The lowest BCUT2D eigenvalue weighted by atomic mass is 10.1. The van der Waals surface area contributed by atoms with Crippen LogP contribution in [-0.4, -0.2) is 23.3 Å². The maximum Gasteiger partial charge on any atom is 0.271 e. The van der Waals surface area contributed by atoms with E-state index in [1.807, 2.05) is 55.5 Å². The van der Waals surface area contributed by atoms with E-state index < -0.39 is 0 Å². The number of aromatic nitrogens is 1. The van der Waals surface area contributed by atoms with Crippen LogP contribution in [0.5, 0.6) is 11.5 Å². The number of carbonyl (C=O) groups excluding carboxylic acids is 1. The summed E-state index contributed by atoms with van der Waals surface area (Å²) in [4.78, 5) is 12.9. The van der Waals surface area contributed by atoms with Gasteiger partial charge in [-0.3, -0.25) is 4.79 Å². The van der Waals surface area contributed by atoms with Gasteiger partial charge in [-0.25, -0.2) is 5.43 Å². The zero-order valence-electron chi connectivity index (χ0n) is 25.0. The first-order chi connectivity index (χ1) is 22.0. The third kappa shape index (κ3) is 6.77. The number of nitrogens with zero attached hydrogens (tertiary/aromatic N) is 2. The molecule has 7 heteroatoms. The zero-order chi connectivity index (χ0) is 31.2. The number of fused-ring (bicyclic) bond motifs is 1. The molecule has 0 aliphatic rings. The molecule has 0 aliphatic carbocycles. The van der Waals surface area contributed by atoms with E-state index in [1.165, 1.54) is 11.6 Å². The smallest absolute Gasteiger partial charge is 0.271 e. The third-order valence-corrected chi connectivity index (χ3v) is 7.72. The monoisotopic (exact) mass is 613 g/mol. The van der Waals surface area contributed by atoms with Gasteiger partial charge in [0.05, 0.1) is 23.5 Å². The number of amides is 1. The van der Waals surface area contributed by atoms with Crippen LogP contribution >= 0.6 is 11.6 Å². The summed E-state index contributed by atoms with van der Waals surface area (Å²) in [5.74, 6) is 0.641. The molecule has 0 bridgehead atoms. The number of nitrogens with one attached hydrogen (secondary N) is 1. The molecular weight excluding hydrogens is 582 g/mol. The first kappa shape index (κ1) is 29.7. The van der Waals surface area contributed by atoms with Gasteiger partial charge in [0.15, 0.2) is 11.5 Å². The van der Waals surface area contributed by atoms with Gasteiger partial charge >= 0.3 is 0 Å². The van der Waals surface area contributed by atoms with E-state index in [0.717, 1.165) is 33.6 Å². The highest BCUT2D eigenvalue weighted by Gasteiger charge is 2.14. The van der Waals surface area contributed by atoms with Crippen molar-refractivity contribution in [1.82, 2.24) is 9.99 Å². The number of hydrogen-bond donors (Lipinski definition) is 1. The van der Waals surface area contributed by atoms with Gasteiger partial charge in [-0.05, 0) is 95.9 Å². The number of halogens is 1. The topological polar surface area (TPSA) is 64.8 Å². The fraction of sp³-hybridized carbons (Fsp3) is 0.105. The first-order valence-corrected chi connectivity index (χ1v) is 15.1. The molecule has 0 spiro atoms. The Morgan fingerprint density at radius 3 is 2.38 bits per heavy atom. The Bertz CT molecular complexity index is 1980. The number of ether oxygens (including phenoxy) is 2. The van der Waals surface area contributed by atoms with Gasteiger partial charge in [-0.2, -0.15) is 5.10 Å². The second-order valence-corrected chi connectivity index (χ2v) is 10.9. The fourth-order valence-corrected chi connectivity index (χ4v) is 5.53. The van der Waals surface area contributed by atoms with Gasteiger partial charge in [-0.1, -0.05) is 78.3 Å². The molecule has 0 unspecified atom stereocenters. The number of hydrazone groups is 1. The minimum Gasteiger partial charge on any atom is -0.490 e. The predicted molar refractivity (Wildman–Crippen MR) is 182 cm³/mol. The highest BCUT2D eigenvalue weighted by Crippen LogP contribution is 2.37. The zero-order valence-corrected chi connectivity index (χ0v) is 25.8. The van der Waals surface area contributed by atoms with Crippen molar-refractivity contribution in [3.05, 3.63) is 149 Å². The van der Waals surface area contributed by atoms with Crippen molar-refractivity contribution < 1.29 is 14.3 Å². The van der Waals surface area contributed by atoms with Crippen LogP contribution in [0.25, 0.3) is 27.7 Å². The van der Waals surface area contributed by atoms with E-state index >= 15 is 0 Å². The van der Waals surface area contributed by atoms with Crippen LogP contribution in [0.4, 0.5) is 0 Å². The number of aryl methyl sites for hydroxylation is 1. The van der Waals surface area contributed by atoms with Gasteiger partial charge in [0, 0.05) is 16.9 Å². The predicted octanol–water partition coefficient (Wildman–Crippen LogP) is 9.00. The van der Waals surface area contributed by atoms with Crippen molar-refractivity contribution in [3.63, 3.8) is 0 Å². The minimum absolute atomic E-state index is 0.322. The molecule has 1 aromatic heterocycles.